The number of aliphatic hydroxyl groups excluding tert-OH is 1. The van der Waals surface area contributed by atoms with Gasteiger partial charge >= 0.3 is 0 Å². The van der Waals surface area contributed by atoms with Crippen LogP contribution in [-0.2, 0) is 13.0 Å². The molecule has 0 saturated carbocycles. The van der Waals surface area contributed by atoms with Gasteiger partial charge in [0.15, 0.2) is 11.5 Å². The predicted octanol–water partition coefficient (Wildman–Crippen LogP) is 0.660. The van der Waals surface area contributed by atoms with E-state index in [0.29, 0.717) is 18.0 Å². The number of aliphatic hydroxyl groups is 1. The zero-order chi connectivity index (χ0) is 17.2. The molecular formula is C17H22N4O4. The van der Waals surface area contributed by atoms with Gasteiger partial charge in [0.05, 0.1) is 6.54 Å². The molecular weight excluding hydrogens is 324 g/mol. The summed E-state index contributed by atoms with van der Waals surface area (Å²) in [7, 11) is 0. The van der Waals surface area contributed by atoms with Crippen molar-refractivity contribution in [3.63, 3.8) is 0 Å². The molecule has 0 unspecified atom stereocenters. The second kappa shape index (κ2) is 6.89. The highest BCUT2D eigenvalue weighted by molar-refractivity contribution is 5.46. The summed E-state index contributed by atoms with van der Waals surface area (Å²) in [6, 6.07) is 5.68. The lowest BCUT2D eigenvalue weighted by atomic mass is 10.1. The van der Waals surface area contributed by atoms with Crippen molar-refractivity contribution < 1.29 is 19.3 Å². The number of hydrogen-bond donors (Lipinski definition) is 2. The molecule has 134 valence electrons. The molecule has 0 fully saturated rings. The quantitative estimate of drug-likeness (QED) is 0.794. The molecule has 0 amide bonds. The van der Waals surface area contributed by atoms with Crippen LogP contribution in [0, 0.1) is 6.92 Å². The molecule has 0 saturated heterocycles. The summed E-state index contributed by atoms with van der Waals surface area (Å²) >= 11 is 0. The van der Waals surface area contributed by atoms with Gasteiger partial charge in [-0.15, -0.1) is 0 Å². The molecule has 25 heavy (non-hydrogen) atoms. The van der Waals surface area contributed by atoms with Gasteiger partial charge in [-0.25, -0.2) is 9.67 Å². The Morgan fingerprint density at radius 3 is 3.20 bits per heavy atom. The average molecular weight is 346 g/mol. The Balaban J connectivity index is 1.22. The van der Waals surface area contributed by atoms with E-state index in [0.717, 1.165) is 36.8 Å². The summed E-state index contributed by atoms with van der Waals surface area (Å²) in [5.74, 6) is 3.90. The van der Waals surface area contributed by atoms with Crippen LogP contribution in [0.4, 0.5) is 0 Å². The van der Waals surface area contributed by atoms with Crippen LogP contribution >= 0.6 is 0 Å². The molecule has 0 radical (unpaired) electrons. The standard InChI is InChI=1S/C17H22N4O4/c1-11-19-17-5-2-12(8-21(17)20-11)18-7-13(22)9-23-14-3-4-15-16(6-14)25-10-24-15/h3-4,6,12-13,18,22H,2,5,7-10H2,1H3/t12-,13+/m1/s1. The van der Waals surface area contributed by atoms with E-state index < -0.39 is 6.10 Å². The van der Waals surface area contributed by atoms with Crippen molar-refractivity contribution in [3.05, 3.63) is 29.8 Å². The molecule has 8 heteroatoms. The fourth-order valence-corrected chi connectivity index (χ4v) is 3.12. The highest BCUT2D eigenvalue weighted by Gasteiger charge is 2.21. The van der Waals surface area contributed by atoms with E-state index >= 15 is 0 Å². The van der Waals surface area contributed by atoms with E-state index in [9.17, 15) is 5.11 Å². The van der Waals surface area contributed by atoms with Gasteiger partial charge in [-0.1, -0.05) is 0 Å². The van der Waals surface area contributed by atoms with Crippen LogP contribution in [0.2, 0.25) is 0 Å². The first-order chi connectivity index (χ1) is 12.2. The van der Waals surface area contributed by atoms with Gasteiger partial charge in [-0.05, 0) is 25.5 Å². The zero-order valence-electron chi connectivity index (χ0n) is 14.1. The van der Waals surface area contributed by atoms with Crippen LogP contribution in [0.25, 0.3) is 0 Å². The fourth-order valence-electron chi connectivity index (χ4n) is 3.12. The van der Waals surface area contributed by atoms with Crippen molar-refractivity contribution in [3.8, 4) is 17.2 Å². The third kappa shape index (κ3) is 3.69. The summed E-state index contributed by atoms with van der Waals surface area (Å²) < 4.78 is 18.2. The van der Waals surface area contributed by atoms with Gasteiger partial charge in [0.25, 0.3) is 0 Å². The monoisotopic (exact) mass is 346 g/mol. The van der Waals surface area contributed by atoms with Gasteiger partial charge < -0.3 is 24.6 Å². The predicted molar refractivity (Wildman–Crippen MR) is 88.9 cm³/mol. The molecule has 0 spiro atoms. The molecule has 2 aromatic rings. The number of hydrogen-bond acceptors (Lipinski definition) is 7. The Bertz CT molecular complexity index is 748. The summed E-state index contributed by atoms with van der Waals surface area (Å²) in [5.41, 5.74) is 0. The first-order valence-electron chi connectivity index (χ1n) is 8.51. The van der Waals surface area contributed by atoms with Gasteiger partial charge in [0.1, 0.15) is 30.1 Å². The lowest BCUT2D eigenvalue weighted by Gasteiger charge is -2.24. The minimum atomic E-state index is -0.593. The lowest BCUT2D eigenvalue weighted by Crippen LogP contribution is -2.42. The maximum atomic E-state index is 10.2. The van der Waals surface area contributed by atoms with Crippen LogP contribution in [-0.4, -0.2) is 52.0 Å². The Hall–Kier alpha value is -2.32. The van der Waals surface area contributed by atoms with Gasteiger partial charge in [-0.2, -0.15) is 5.10 Å². The molecule has 3 heterocycles. The number of aromatic nitrogens is 3. The number of benzene rings is 1. The SMILES string of the molecule is Cc1nc2n(n1)C[C@H](NC[C@H](O)COc1ccc3c(c1)OCO3)CC2. The third-order valence-electron chi connectivity index (χ3n) is 4.39. The molecule has 0 aliphatic carbocycles. The van der Waals surface area contributed by atoms with Gasteiger partial charge in [0.2, 0.25) is 6.79 Å². The minimum absolute atomic E-state index is 0.215. The smallest absolute Gasteiger partial charge is 0.231 e. The first-order valence-corrected chi connectivity index (χ1v) is 8.51. The van der Waals surface area contributed by atoms with Crippen LogP contribution in [0.1, 0.15) is 18.1 Å². The van der Waals surface area contributed by atoms with E-state index in [1.165, 1.54) is 0 Å². The molecule has 2 aliphatic heterocycles. The number of nitrogens with zero attached hydrogens (tertiary/aromatic N) is 3. The highest BCUT2D eigenvalue weighted by Crippen LogP contribution is 2.35. The van der Waals surface area contributed by atoms with Crippen molar-refractivity contribution in [1.82, 2.24) is 20.1 Å². The Labute approximate surface area is 145 Å². The molecule has 1 aromatic heterocycles. The lowest BCUT2D eigenvalue weighted by molar-refractivity contribution is 0.101. The van der Waals surface area contributed by atoms with E-state index in [1.54, 1.807) is 6.07 Å². The maximum Gasteiger partial charge on any atom is 0.231 e. The highest BCUT2D eigenvalue weighted by atomic mass is 16.7. The van der Waals surface area contributed by atoms with Crippen molar-refractivity contribution in [1.29, 1.82) is 0 Å². The minimum Gasteiger partial charge on any atom is -0.491 e. The average Bonchev–Trinajstić information content (AvgIpc) is 3.22. The van der Waals surface area contributed by atoms with Crippen LogP contribution < -0.4 is 19.5 Å². The number of fused-ring (bicyclic) bond motifs is 2. The van der Waals surface area contributed by atoms with Gasteiger partial charge in [-0.3, -0.25) is 0 Å². The van der Waals surface area contributed by atoms with Crippen molar-refractivity contribution in [2.45, 2.75) is 38.5 Å². The maximum absolute atomic E-state index is 10.2. The second-order valence-electron chi connectivity index (χ2n) is 6.38. The zero-order valence-corrected chi connectivity index (χ0v) is 14.1. The van der Waals surface area contributed by atoms with Crippen molar-refractivity contribution in [2.24, 2.45) is 0 Å². The van der Waals surface area contributed by atoms with Crippen LogP contribution in [0.15, 0.2) is 18.2 Å². The third-order valence-corrected chi connectivity index (χ3v) is 4.39. The second-order valence-corrected chi connectivity index (χ2v) is 6.38. The van der Waals surface area contributed by atoms with E-state index in [1.807, 2.05) is 23.7 Å². The van der Waals surface area contributed by atoms with Crippen molar-refractivity contribution >= 4 is 0 Å². The number of ether oxygens (including phenoxy) is 3. The summed E-state index contributed by atoms with van der Waals surface area (Å²) in [4.78, 5) is 4.40. The molecule has 2 atom stereocenters. The Morgan fingerprint density at radius 1 is 1.40 bits per heavy atom. The molecule has 8 nitrogen and oxygen atoms in total. The molecule has 0 bridgehead atoms. The van der Waals surface area contributed by atoms with E-state index in [2.05, 4.69) is 15.4 Å². The van der Waals surface area contributed by atoms with E-state index in [-0.39, 0.29) is 19.4 Å². The fraction of sp³-hybridized carbons (Fsp3) is 0.529. The molecule has 2 aliphatic rings. The largest absolute Gasteiger partial charge is 0.491 e. The number of aryl methyl sites for hydroxylation is 2. The Kier molecular flexibility index (Phi) is 4.46. The van der Waals surface area contributed by atoms with Gasteiger partial charge in [0, 0.05) is 25.1 Å². The topological polar surface area (TPSA) is 90.7 Å². The van der Waals surface area contributed by atoms with Crippen LogP contribution in [0.3, 0.4) is 0 Å². The molecule has 4 rings (SSSR count). The number of rotatable bonds is 6. The normalized spacial score (nSPS) is 19.5. The Morgan fingerprint density at radius 2 is 2.28 bits per heavy atom. The molecule has 2 N–H and O–H groups in total. The van der Waals surface area contributed by atoms with E-state index in [4.69, 9.17) is 14.2 Å². The van der Waals surface area contributed by atoms with Crippen molar-refractivity contribution in [2.75, 3.05) is 19.9 Å². The first kappa shape index (κ1) is 16.2. The van der Waals surface area contributed by atoms with Crippen LogP contribution in [0.5, 0.6) is 17.2 Å². The molecule has 1 aromatic carbocycles. The summed E-state index contributed by atoms with van der Waals surface area (Å²) in [6.07, 6.45) is 1.31. The number of nitrogens with one attached hydrogen (secondary N) is 1. The summed E-state index contributed by atoms with van der Waals surface area (Å²) in [6.45, 7) is 3.61. The summed E-state index contributed by atoms with van der Waals surface area (Å²) in [5, 5.41) is 17.9.